The van der Waals surface area contributed by atoms with E-state index in [1.54, 1.807) is 29.5 Å². The first-order valence-corrected chi connectivity index (χ1v) is 23.0. The number of aromatic nitrogens is 3. The van der Waals surface area contributed by atoms with Gasteiger partial charge in [0.1, 0.15) is 28.8 Å². The maximum Gasteiger partial charge on any atom is 0.196 e. The average Bonchev–Trinajstić information content (AvgIpc) is 3.88. The minimum atomic E-state index is 0.291. The number of anilines is 5. The molecule has 2 N–H and O–H groups in total. The van der Waals surface area contributed by atoms with Gasteiger partial charge >= 0.3 is 0 Å². The number of aryl methyl sites for hydroxylation is 6. The monoisotopic (exact) mass is 882 g/mol. The Morgan fingerprint density at radius 3 is 2.24 bits per heavy atom. The van der Waals surface area contributed by atoms with Crippen LogP contribution in [-0.4, -0.2) is 19.6 Å². The lowest BCUT2D eigenvalue weighted by Crippen LogP contribution is -2.18. The molecule has 3 aromatic heterocycles. The third-order valence-electron chi connectivity index (χ3n) is 11.4. The number of nitrogens with one attached hydrogen (secondary N) is 1. The average molecular weight is 883 g/mol. The molecule has 4 aromatic carbocycles. The minimum absolute atomic E-state index is 0.291. The molecule has 0 saturated carbocycles. The fraction of sp³-hybridized carbons (Fsp3) is 0.292. The Morgan fingerprint density at radius 2 is 1.55 bits per heavy atom. The third-order valence-corrected chi connectivity index (χ3v) is 13.7. The number of thiazole rings is 1. The van der Waals surface area contributed by atoms with Crippen LogP contribution in [0, 0.1) is 52.9 Å². The Bertz CT molecular complexity index is 2880. The lowest BCUT2D eigenvalue weighted by molar-refractivity contribution is -0.432. The van der Waals surface area contributed by atoms with Gasteiger partial charge in [0, 0.05) is 16.1 Å². The molecule has 11 nitrogen and oxygen atoms in total. The Morgan fingerprint density at radius 1 is 0.823 bits per heavy atom. The van der Waals surface area contributed by atoms with Crippen molar-refractivity contribution in [3.63, 3.8) is 0 Å². The topological polar surface area (TPSA) is 141 Å². The largest absolute Gasteiger partial charge is 0.338 e. The standard InChI is InChI=1S/C48H50N8O3S3/c1-11-32-21-27(6)30(9)36(13-3)43(32)52-46-42(53-54-47-38(25-49)44(55-61-47)34-16-15-17-35(24-34)62-59-58-57)29(8)23-41(51-46)56(48-50-39-19-18-26(5)20-40(39)60-48)45-33(12-2)22-28(7)31(10)37(45)14-4/h15-24,57H,11-14H2,1-10H3,(H,51,52). The zero-order chi connectivity index (χ0) is 44.2. The van der Waals surface area contributed by atoms with Crippen LogP contribution in [0.4, 0.5) is 38.8 Å². The number of hydrogen-bond donors (Lipinski definition) is 2. The molecule has 318 valence electrons. The van der Waals surface area contributed by atoms with Gasteiger partial charge < -0.3 is 5.32 Å². The molecule has 0 amide bonds. The molecule has 0 radical (unpaired) electrons. The summed E-state index contributed by atoms with van der Waals surface area (Å²) < 4.78 is 10.4. The van der Waals surface area contributed by atoms with Crippen molar-refractivity contribution in [2.45, 2.75) is 99.8 Å². The van der Waals surface area contributed by atoms with Crippen molar-refractivity contribution in [2.24, 2.45) is 10.2 Å². The highest BCUT2D eigenvalue weighted by Gasteiger charge is 2.27. The fourth-order valence-corrected chi connectivity index (χ4v) is 10.2. The van der Waals surface area contributed by atoms with Crippen LogP contribution in [0.25, 0.3) is 21.5 Å². The third kappa shape index (κ3) is 8.74. The molecule has 0 saturated heterocycles. The predicted octanol–water partition coefficient (Wildman–Crippen LogP) is 14.8. The smallest absolute Gasteiger partial charge is 0.196 e. The second kappa shape index (κ2) is 19.2. The van der Waals surface area contributed by atoms with E-state index < -0.39 is 0 Å². The van der Waals surface area contributed by atoms with Crippen LogP contribution in [0.3, 0.4) is 0 Å². The van der Waals surface area contributed by atoms with Gasteiger partial charge in [-0.2, -0.15) is 9.64 Å². The number of rotatable bonds is 15. The van der Waals surface area contributed by atoms with E-state index in [0.29, 0.717) is 44.0 Å². The molecule has 0 aliphatic rings. The zero-order valence-corrected chi connectivity index (χ0v) is 39.2. The van der Waals surface area contributed by atoms with Crippen LogP contribution >= 0.6 is 34.9 Å². The zero-order valence-electron chi connectivity index (χ0n) is 36.7. The highest BCUT2D eigenvalue weighted by Crippen LogP contribution is 2.47. The maximum absolute atomic E-state index is 10.4. The van der Waals surface area contributed by atoms with Crippen LogP contribution < -0.4 is 10.2 Å². The number of benzene rings is 4. The summed E-state index contributed by atoms with van der Waals surface area (Å²) in [6, 6.07) is 22.6. The van der Waals surface area contributed by atoms with E-state index in [1.165, 1.54) is 50.1 Å². The number of pyridine rings is 1. The molecule has 62 heavy (non-hydrogen) atoms. The van der Waals surface area contributed by atoms with Gasteiger partial charge in [0.05, 0.1) is 27.9 Å². The van der Waals surface area contributed by atoms with Gasteiger partial charge in [0.2, 0.25) is 0 Å². The van der Waals surface area contributed by atoms with E-state index in [2.05, 4.69) is 129 Å². The quantitative estimate of drug-likeness (QED) is 0.0442. The fourth-order valence-electron chi connectivity index (χ4n) is 7.98. The van der Waals surface area contributed by atoms with E-state index >= 15 is 0 Å². The summed E-state index contributed by atoms with van der Waals surface area (Å²) in [5.41, 5.74) is 16.9. The number of nitrogens with zero attached hydrogens (tertiary/aromatic N) is 7. The Labute approximate surface area is 375 Å². The summed E-state index contributed by atoms with van der Waals surface area (Å²) in [5.74, 6) is 1.25. The van der Waals surface area contributed by atoms with Crippen molar-refractivity contribution >= 4 is 84.0 Å². The van der Waals surface area contributed by atoms with Crippen LogP contribution in [0.5, 0.6) is 0 Å². The van der Waals surface area contributed by atoms with Crippen molar-refractivity contribution in [3.05, 3.63) is 122 Å². The maximum atomic E-state index is 10.4. The molecular formula is C48H50N8O3S3. The van der Waals surface area contributed by atoms with Crippen LogP contribution in [-0.2, 0) is 35.1 Å². The molecule has 7 rings (SSSR count). The summed E-state index contributed by atoms with van der Waals surface area (Å²) in [4.78, 5) is 13.7. The second-order valence-electron chi connectivity index (χ2n) is 15.2. The van der Waals surface area contributed by atoms with E-state index in [9.17, 15) is 5.26 Å². The van der Waals surface area contributed by atoms with E-state index in [-0.39, 0.29) is 0 Å². The highest BCUT2D eigenvalue weighted by molar-refractivity contribution is 7.94. The summed E-state index contributed by atoms with van der Waals surface area (Å²) in [5, 5.41) is 37.5. The second-order valence-corrected chi connectivity index (χ2v) is 17.8. The van der Waals surface area contributed by atoms with Gasteiger partial charge in [-0.25, -0.2) is 15.2 Å². The summed E-state index contributed by atoms with van der Waals surface area (Å²) in [6.07, 6.45) is 3.31. The molecule has 0 spiro atoms. The van der Waals surface area contributed by atoms with Crippen LogP contribution in [0.15, 0.2) is 75.8 Å². The van der Waals surface area contributed by atoms with Gasteiger partial charge in [-0.1, -0.05) is 74.4 Å². The number of azo groups is 1. The summed E-state index contributed by atoms with van der Waals surface area (Å²) in [7, 11) is 0. The summed E-state index contributed by atoms with van der Waals surface area (Å²) in [6.45, 7) is 21.7. The lowest BCUT2D eigenvalue weighted by Gasteiger charge is -2.29. The van der Waals surface area contributed by atoms with Gasteiger partial charge in [-0.15, -0.1) is 14.6 Å². The van der Waals surface area contributed by atoms with Crippen molar-refractivity contribution in [3.8, 4) is 17.3 Å². The first kappa shape index (κ1) is 44.5. The van der Waals surface area contributed by atoms with Gasteiger partial charge in [-0.3, -0.25) is 4.90 Å². The van der Waals surface area contributed by atoms with Crippen molar-refractivity contribution in [1.29, 1.82) is 5.26 Å². The molecule has 7 aromatic rings. The molecule has 0 atom stereocenters. The molecule has 0 aliphatic heterocycles. The Kier molecular flexibility index (Phi) is 13.8. The molecular weight excluding hydrogens is 833 g/mol. The first-order valence-electron chi connectivity index (χ1n) is 20.7. The van der Waals surface area contributed by atoms with E-state index in [4.69, 9.17) is 25.5 Å². The van der Waals surface area contributed by atoms with Gasteiger partial charge in [0.15, 0.2) is 16.0 Å². The van der Waals surface area contributed by atoms with Crippen molar-refractivity contribution in [1.82, 2.24) is 14.3 Å². The van der Waals surface area contributed by atoms with Crippen molar-refractivity contribution < 1.29 is 14.6 Å². The number of nitriles is 1. The lowest BCUT2D eigenvalue weighted by atomic mass is 9.93. The number of fused-ring (bicyclic) bond motifs is 1. The van der Waals surface area contributed by atoms with E-state index in [1.807, 2.05) is 13.0 Å². The summed E-state index contributed by atoms with van der Waals surface area (Å²) >= 11 is 3.59. The highest BCUT2D eigenvalue weighted by atomic mass is 32.2. The normalized spacial score (nSPS) is 11.5. The molecule has 14 heteroatoms. The predicted molar refractivity (Wildman–Crippen MR) is 255 cm³/mol. The molecule has 0 unspecified atom stereocenters. The van der Waals surface area contributed by atoms with E-state index in [0.717, 1.165) is 81.5 Å². The Balaban J connectivity index is 1.46. The Hall–Kier alpha value is -5.53. The SMILES string of the molecule is CCc1cc(C)c(C)c(CC)c1Nc1nc(N(c2nc3ccc(C)cc3s2)c2c(CC)cc(C)c(C)c2CC)cc(C)c1N=Nc1snc(-c2cccc(SOOO)c2)c1C#N. The molecule has 0 fully saturated rings. The number of hydrogen-bond acceptors (Lipinski definition) is 14. The molecule has 0 bridgehead atoms. The molecule has 0 aliphatic carbocycles. The van der Waals surface area contributed by atoms with Crippen LogP contribution in [0.1, 0.15) is 88.9 Å². The first-order chi connectivity index (χ1) is 29.9. The molecule has 3 heterocycles. The van der Waals surface area contributed by atoms with Gasteiger partial charge in [-0.05, 0) is 165 Å². The minimum Gasteiger partial charge on any atom is -0.338 e. The van der Waals surface area contributed by atoms with Crippen molar-refractivity contribution in [2.75, 3.05) is 10.2 Å². The van der Waals surface area contributed by atoms with Crippen LogP contribution in [0.2, 0.25) is 0 Å². The van der Waals surface area contributed by atoms with Gasteiger partial charge in [0.25, 0.3) is 0 Å².